The molecule has 0 bridgehead atoms. The van der Waals surface area contributed by atoms with E-state index in [0.29, 0.717) is 19.3 Å². The summed E-state index contributed by atoms with van der Waals surface area (Å²) in [6.45, 7) is 3.58. The zero-order valence-electron chi connectivity index (χ0n) is 36.3. The van der Waals surface area contributed by atoms with Crippen molar-refractivity contribution in [1.82, 2.24) is 10.6 Å². The van der Waals surface area contributed by atoms with Crippen LogP contribution in [0, 0.1) is 5.41 Å². The van der Waals surface area contributed by atoms with Gasteiger partial charge in [0.25, 0.3) is 0 Å². The van der Waals surface area contributed by atoms with Crippen LogP contribution in [0.2, 0.25) is 0 Å². The molecule has 0 spiro atoms. The van der Waals surface area contributed by atoms with Crippen molar-refractivity contribution < 1.29 is 19.1 Å². The Labute approximate surface area is 359 Å². The van der Waals surface area contributed by atoms with Gasteiger partial charge >= 0.3 is 0 Å². The molecule has 0 aliphatic carbocycles. The van der Waals surface area contributed by atoms with Crippen LogP contribution in [0.1, 0.15) is 129 Å². The summed E-state index contributed by atoms with van der Waals surface area (Å²) in [6, 6.07) is 39.2. The molecule has 6 rings (SSSR count). The molecule has 8 heteroatoms. The number of piperidine rings is 2. The zero-order chi connectivity index (χ0) is 42.3. The van der Waals surface area contributed by atoms with Crippen molar-refractivity contribution >= 4 is 11.8 Å². The van der Waals surface area contributed by atoms with Gasteiger partial charge in [-0.1, -0.05) is 135 Å². The molecule has 60 heavy (non-hydrogen) atoms. The van der Waals surface area contributed by atoms with Crippen LogP contribution in [0.3, 0.4) is 0 Å². The molecule has 2 aliphatic rings. The topological polar surface area (TPSA) is 129 Å². The van der Waals surface area contributed by atoms with E-state index in [1.54, 1.807) is 14.2 Å². The number of primary amides is 2. The summed E-state index contributed by atoms with van der Waals surface area (Å²) in [5.74, 6) is -0.420. The second-order valence-electron chi connectivity index (χ2n) is 17.9. The molecule has 6 N–H and O–H groups in total. The minimum Gasteiger partial charge on any atom is -0.376 e. The molecule has 4 aromatic carbocycles. The average Bonchev–Trinajstić information content (AvgIpc) is 3.28. The fourth-order valence-electron chi connectivity index (χ4n) is 10.5. The smallest absolute Gasteiger partial charge is 0.223 e. The van der Waals surface area contributed by atoms with E-state index < -0.39 is 5.41 Å². The number of nitrogens with one attached hydrogen (secondary N) is 2. The maximum absolute atomic E-state index is 14.6. The van der Waals surface area contributed by atoms with Gasteiger partial charge in [-0.3, -0.25) is 9.59 Å². The van der Waals surface area contributed by atoms with Crippen LogP contribution in [-0.2, 0) is 42.7 Å². The first-order chi connectivity index (χ1) is 29.2. The van der Waals surface area contributed by atoms with Gasteiger partial charge in [0.2, 0.25) is 11.8 Å². The van der Waals surface area contributed by atoms with E-state index in [9.17, 15) is 9.59 Å². The fraction of sp³-hybridized carbons (Fsp3) is 0.500. The highest BCUT2D eigenvalue weighted by Crippen LogP contribution is 2.53. The summed E-state index contributed by atoms with van der Waals surface area (Å²) in [4.78, 5) is 26.0. The number of carbonyl (C=O) groups excluding carboxylic acids is 2. The van der Waals surface area contributed by atoms with E-state index in [4.69, 9.17) is 20.9 Å². The SMILES string of the molecule is COC(Cc1ccccc1)c1ccc(C2(CC(CCCCCCCC(N)=O)(CC3(c4ccc(C(Cc5ccccc5)OC)cc4)CCNCC3)C(N)=O)CCNCC2)cc1. The maximum Gasteiger partial charge on any atom is 0.223 e. The number of ether oxygens (including phenoxy) is 2. The number of hydrogen-bond donors (Lipinski definition) is 4. The molecular formula is C52H70N4O4. The largest absolute Gasteiger partial charge is 0.376 e. The predicted octanol–water partition coefficient (Wildman–Crippen LogP) is 8.96. The molecule has 0 radical (unpaired) electrons. The van der Waals surface area contributed by atoms with E-state index >= 15 is 0 Å². The van der Waals surface area contributed by atoms with Crippen LogP contribution >= 0.6 is 0 Å². The Kier molecular flexibility index (Phi) is 16.5. The van der Waals surface area contributed by atoms with Crippen LogP contribution in [0.15, 0.2) is 109 Å². The molecule has 4 aromatic rings. The minimum absolute atomic E-state index is 0.0539. The highest BCUT2D eigenvalue weighted by Gasteiger charge is 2.51. The highest BCUT2D eigenvalue weighted by molar-refractivity contribution is 5.81. The molecule has 0 saturated carbocycles. The van der Waals surface area contributed by atoms with Crippen molar-refractivity contribution in [2.24, 2.45) is 16.9 Å². The van der Waals surface area contributed by atoms with Crippen molar-refractivity contribution in [3.05, 3.63) is 143 Å². The van der Waals surface area contributed by atoms with E-state index in [1.165, 1.54) is 22.3 Å². The Bertz CT molecular complexity index is 1770. The number of unbranched alkanes of at least 4 members (excludes halogenated alkanes) is 4. The van der Waals surface area contributed by atoms with Gasteiger partial charge in [0.1, 0.15) is 0 Å². The van der Waals surface area contributed by atoms with Crippen molar-refractivity contribution in [2.75, 3.05) is 40.4 Å². The third kappa shape index (κ3) is 11.7. The van der Waals surface area contributed by atoms with E-state index in [-0.39, 0.29) is 34.9 Å². The first kappa shape index (κ1) is 45.2. The van der Waals surface area contributed by atoms with Crippen molar-refractivity contribution in [1.29, 1.82) is 0 Å². The maximum atomic E-state index is 14.6. The number of hydrogen-bond acceptors (Lipinski definition) is 6. The second-order valence-corrected chi connectivity index (χ2v) is 17.9. The predicted molar refractivity (Wildman–Crippen MR) is 243 cm³/mol. The van der Waals surface area contributed by atoms with E-state index in [1.807, 2.05) is 12.1 Å². The molecule has 2 amide bonds. The van der Waals surface area contributed by atoms with Gasteiger partial charge in [0.05, 0.1) is 17.6 Å². The Hall–Kier alpha value is -4.34. The summed E-state index contributed by atoms with van der Waals surface area (Å²) in [5.41, 5.74) is 18.5. The Morgan fingerprint density at radius 2 is 0.983 bits per heavy atom. The summed E-state index contributed by atoms with van der Waals surface area (Å²) in [7, 11) is 3.58. The molecule has 2 saturated heterocycles. The van der Waals surface area contributed by atoms with Gasteiger partial charge in [0.15, 0.2) is 0 Å². The number of rotatable bonds is 23. The quantitative estimate of drug-likeness (QED) is 0.0554. The summed E-state index contributed by atoms with van der Waals surface area (Å²) in [6.07, 6.45) is 12.5. The molecule has 2 unspecified atom stereocenters. The van der Waals surface area contributed by atoms with Gasteiger partial charge in [-0.15, -0.1) is 0 Å². The zero-order valence-corrected chi connectivity index (χ0v) is 36.3. The number of amides is 2. The van der Waals surface area contributed by atoms with Crippen molar-refractivity contribution in [3.63, 3.8) is 0 Å². The molecule has 8 nitrogen and oxygen atoms in total. The lowest BCUT2D eigenvalue weighted by Gasteiger charge is -2.50. The number of nitrogens with two attached hydrogens (primary N) is 2. The third-order valence-electron chi connectivity index (χ3n) is 14.0. The van der Waals surface area contributed by atoms with Crippen molar-refractivity contribution in [3.8, 4) is 0 Å². The molecule has 2 heterocycles. The number of benzene rings is 4. The van der Waals surface area contributed by atoms with Crippen LogP contribution in [-0.4, -0.2) is 52.2 Å². The highest BCUT2D eigenvalue weighted by atomic mass is 16.5. The van der Waals surface area contributed by atoms with Gasteiger partial charge < -0.3 is 31.6 Å². The summed E-state index contributed by atoms with van der Waals surface area (Å²) >= 11 is 0. The lowest BCUT2D eigenvalue weighted by atomic mass is 9.55. The minimum atomic E-state index is -0.732. The number of methoxy groups -OCH3 is 2. The molecule has 2 fully saturated rings. The van der Waals surface area contributed by atoms with Crippen LogP contribution in [0.4, 0.5) is 0 Å². The molecule has 2 atom stereocenters. The monoisotopic (exact) mass is 815 g/mol. The van der Waals surface area contributed by atoms with Crippen LogP contribution in [0.5, 0.6) is 0 Å². The standard InChI is InChI=1S/C52H70N4O4/c1-59-46(36-40-14-8-6-9-15-40)42-19-23-44(24-20-42)50(28-32-55-33-29-50)38-52(49(54)58,27-13-5-3-4-12-18-48(53)57)39-51(30-34-56-35-31-51)45-25-21-43(22-26-45)47(60-2)37-41-16-10-7-11-17-41/h6-11,14-17,19-26,46-47,55-56H,3-5,12-13,18,27-39H2,1-2H3,(H2,53,57)(H2,54,58). The van der Waals surface area contributed by atoms with Crippen molar-refractivity contribution in [2.45, 2.75) is 119 Å². The van der Waals surface area contributed by atoms with Gasteiger partial charge in [-0.2, -0.15) is 0 Å². The molecule has 322 valence electrons. The van der Waals surface area contributed by atoms with E-state index in [0.717, 1.165) is 114 Å². The third-order valence-corrected chi connectivity index (χ3v) is 14.0. The lowest BCUT2D eigenvalue weighted by Crippen LogP contribution is -2.52. The van der Waals surface area contributed by atoms with E-state index in [2.05, 4.69) is 108 Å². The second kappa shape index (κ2) is 22.0. The molecule has 0 aromatic heterocycles. The van der Waals surface area contributed by atoms with Crippen LogP contribution in [0.25, 0.3) is 0 Å². The van der Waals surface area contributed by atoms with Crippen LogP contribution < -0.4 is 22.1 Å². The Morgan fingerprint density at radius 1 is 0.583 bits per heavy atom. The first-order valence-corrected chi connectivity index (χ1v) is 22.5. The Morgan fingerprint density at radius 3 is 1.37 bits per heavy atom. The Balaban J connectivity index is 1.32. The molecule has 2 aliphatic heterocycles. The molecular weight excluding hydrogens is 745 g/mol. The normalized spacial score (nSPS) is 18.2. The first-order valence-electron chi connectivity index (χ1n) is 22.5. The van der Waals surface area contributed by atoms with Gasteiger partial charge in [-0.05, 0) is 122 Å². The summed E-state index contributed by atoms with van der Waals surface area (Å²) in [5, 5.41) is 7.26. The van der Waals surface area contributed by atoms with Gasteiger partial charge in [-0.25, -0.2) is 0 Å². The fourth-order valence-corrected chi connectivity index (χ4v) is 10.5. The van der Waals surface area contributed by atoms with Gasteiger partial charge in [0, 0.05) is 33.5 Å². The summed E-state index contributed by atoms with van der Waals surface area (Å²) < 4.78 is 12.1. The average molecular weight is 815 g/mol. The number of carbonyl (C=O) groups is 2. The lowest BCUT2D eigenvalue weighted by molar-refractivity contribution is -0.132.